The Balaban J connectivity index is 1.31. The smallest absolute Gasteiger partial charge is 0.0622 e. The highest BCUT2D eigenvalue weighted by atomic mass is 14.5. The second-order valence-electron chi connectivity index (χ2n) is 14.3. The highest BCUT2D eigenvalue weighted by Crippen LogP contribution is 2.59. The molecule has 0 radical (unpaired) electrons. The lowest BCUT2D eigenvalue weighted by atomic mass is 9.67. The van der Waals surface area contributed by atoms with Gasteiger partial charge in [0.1, 0.15) is 0 Å². The average molecular weight is 671 g/mol. The van der Waals surface area contributed by atoms with Gasteiger partial charge in [-0.3, -0.25) is 0 Å². The van der Waals surface area contributed by atoms with Crippen LogP contribution in [0.4, 0.5) is 0 Å². The van der Waals surface area contributed by atoms with Gasteiger partial charge in [-0.05, 0) is 111 Å². The zero-order valence-electron chi connectivity index (χ0n) is 29.1. The van der Waals surface area contributed by atoms with Crippen LogP contribution in [0.25, 0.3) is 76.5 Å². The molecule has 1 aliphatic rings. The van der Waals surface area contributed by atoms with Gasteiger partial charge in [0.2, 0.25) is 0 Å². The SMILES string of the molecule is c1ccc(C2(c3ccccc3)c3ccccc3-c3c2cc(-c2c4ccccc4c(-c4ccc5ccccc5c4)c4ccccc24)c2ccccc32)cc1. The van der Waals surface area contributed by atoms with E-state index in [4.69, 9.17) is 0 Å². The van der Waals surface area contributed by atoms with Crippen LogP contribution in [-0.2, 0) is 5.41 Å². The highest BCUT2D eigenvalue weighted by Gasteiger charge is 2.47. The van der Waals surface area contributed by atoms with E-state index in [-0.39, 0.29) is 0 Å². The fraction of sp³-hybridized carbons (Fsp3) is 0.0189. The predicted molar refractivity (Wildman–Crippen MR) is 225 cm³/mol. The van der Waals surface area contributed by atoms with Crippen molar-refractivity contribution in [2.75, 3.05) is 0 Å². The van der Waals surface area contributed by atoms with E-state index in [0.717, 1.165) is 0 Å². The van der Waals surface area contributed by atoms with Crippen molar-refractivity contribution in [1.82, 2.24) is 0 Å². The van der Waals surface area contributed by atoms with Crippen molar-refractivity contribution in [1.29, 1.82) is 0 Å². The second-order valence-corrected chi connectivity index (χ2v) is 14.3. The Morgan fingerprint density at radius 2 is 0.736 bits per heavy atom. The van der Waals surface area contributed by atoms with Gasteiger partial charge >= 0.3 is 0 Å². The first kappa shape index (κ1) is 29.9. The molecule has 1 aliphatic carbocycles. The van der Waals surface area contributed by atoms with E-state index in [0.29, 0.717) is 0 Å². The van der Waals surface area contributed by atoms with Gasteiger partial charge in [0.15, 0.2) is 0 Å². The summed E-state index contributed by atoms with van der Waals surface area (Å²) in [4.78, 5) is 0. The van der Waals surface area contributed by atoms with Crippen LogP contribution in [0.1, 0.15) is 22.3 Å². The number of rotatable bonds is 4. The maximum absolute atomic E-state index is 2.56. The van der Waals surface area contributed by atoms with Crippen LogP contribution in [0.2, 0.25) is 0 Å². The van der Waals surface area contributed by atoms with Gasteiger partial charge in [-0.25, -0.2) is 0 Å². The third-order valence-electron chi connectivity index (χ3n) is 11.7. The van der Waals surface area contributed by atoms with Gasteiger partial charge in [0, 0.05) is 0 Å². The zero-order valence-corrected chi connectivity index (χ0v) is 29.1. The Bertz CT molecular complexity index is 2950. The molecule has 0 unspecified atom stereocenters. The molecule has 0 saturated carbocycles. The van der Waals surface area contributed by atoms with Crippen LogP contribution >= 0.6 is 0 Å². The minimum absolute atomic E-state index is 0.496. The molecule has 0 aliphatic heterocycles. The molecule has 10 aromatic rings. The van der Waals surface area contributed by atoms with Crippen molar-refractivity contribution in [2.24, 2.45) is 0 Å². The van der Waals surface area contributed by atoms with Crippen LogP contribution < -0.4 is 0 Å². The van der Waals surface area contributed by atoms with Crippen molar-refractivity contribution < 1.29 is 0 Å². The fourth-order valence-electron chi connectivity index (χ4n) is 9.58. The fourth-order valence-corrected chi connectivity index (χ4v) is 9.58. The first-order chi connectivity index (χ1) is 26.3. The van der Waals surface area contributed by atoms with Crippen molar-refractivity contribution in [3.8, 4) is 33.4 Å². The lowest BCUT2D eigenvalue weighted by molar-refractivity contribution is 0.769. The summed E-state index contributed by atoms with van der Waals surface area (Å²) >= 11 is 0. The van der Waals surface area contributed by atoms with Gasteiger partial charge in [0.25, 0.3) is 0 Å². The molecule has 0 spiro atoms. The molecule has 0 saturated heterocycles. The van der Waals surface area contributed by atoms with E-state index in [1.165, 1.54) is 98.7 Å². The molecule has 246 valence electrons. The van der Waals surface area contributed by atoms with E-state index < -0.39 is 5.41 Å². The van der Waals surface area contributed by atoms with Gasteiger partial charge in [-0.1, -0.05) is 194 Å². The molecule has 0 atom stereocenters. The molecule has 0 bridgehead atoms. The Kier molecular flexibility index (Phi) is 6.57. The third kappa shape index (κ3) is 4.24. The zero-order chi connectivity index (χ0) is 34.9. The lowest BCUT2D eigenvalue weighted by Gasteiger charge is -2.34. The molecule has 10 aromatic carbocycles. The highest BCUT2D eigenvalue weighted by molar-refractivity contribution is 6.25. The van der Waals surface area contributed by atoms with Gasteiger partial charge < -0.3 is 0 Å². The number of benzene rings is 10. The quantitative estimate of drug-likeness (QED) is 0.164. The molecule has 0 nitrogen and oxygen atoms in total. The third-order valence-corrected chi connectivity index (χ3v) is 11.7. The Labute approximate surface area is 309 Å². The summed E-state index contributed by atoms with van der Waals surface area (Å²) in [6.45, 7) is 0. The standard InChI is InChI=1S/C53H34/c1-3-19-38(20-4-1)53(39-21-5-2-6-22-39)48-30-16-15-29-46(48)52-41-24-10-9-23-40(41)47(34-49(52)53)51-44-27-13-11-25-42(44)50(43-26-12-14-28-45(43)51)37-32-31-35-17-7-8-18-36(35)33-37/h1-34H. The van der Waals surface area contributed by atoms with Crippen molar-refractivity contribution in [3.63, 3.8) is 0 Å². The summed E-state index contributed by atoms with van der Waals surface area (Å²) in [5, 5.41) is 10.1. The maximum Gasteiger partial charge on any atom is 0.0714 e. The normalized spacial score (nSPS) is 13.1. The summed E-state index contributed by atoms with van der Waals surface area (Å²) in [5.41, 5.74) is 12.4. The molecule has 0 heteroatoms. The summed E-state index contributed by atoms with van der Waals surface area (Å²) in [6.07, 6.45) is 0. The maximum atomic E-state index is 2.56. The topological polar surface area (TPSA) is 0 Å². The first-order valence-electron chi connectivity index (χ1n) is 18.5. The molecule has 53 heavy (non-hydrogen) atoms. The Morgan fingerprint density at radius 1 is 0.264 bits per heavy atom. The predicted octanol–water partition coefficient (Wildman–Crippen LogP) is 14.0. The second kappa shape index (κ2) is 11.6. The van der Waals surface area contributed by atoms with Gasteiger partial charge in [0.05, 0.1) is 5.41 Å². The average Bonchev–Trinajstić information content (AvgIpc) is 3.54. The Hall–Kier alpha value is -6.76. The molecule has 0 heterocycles. The minimum atomic E-state index is -0.496. The summed E-state index contributed by atoms with van der Waals surface area (Å²) in [7, 11) is 0. The first-order valence-corrected chi connectivity index (χ1v) is 18.5. The molecular weight excluding hydrogens is 637 g/mol. The largest absolute Gasteiger partial charge is 0.0714 e. The van der Waals surface area contributed by atoms with Crippen molar-refractivity contribution in [3.05, 3.63) is 229 Å². The van der Waals surface area contributed by atoms with Crippen molar-refractivity contribution >= 4 is 43.1 Å². The number of fused-ring (bicyclic) bond motifs is 8. The number of hydrogen-bond acceptors (Lipinski definition) is 0. The minimum Gasteiger partial charge on any atom is -0.0622 e. The molecule has 11 rings (SSSR count). The van der Waals surface area contributed by atoms with Crippen LogP contribution in [0.15, 0.2) is 206 Å². The molecule has 0 aromatic heterocycles. The number of hydrogen-bond donors (Lipinski definition) is 0. The molecular formula is C53H34. The molecule has 0 N–H and O–H groups in total. The summed E-state index contributed by atoms with van der Waals surface area (Å²) < 4.78 is 0. The lowest BCUT2D eigenvalue weighted by Crippen LogP contribution is -2.28. The molecule has 0 amide bonds. The van der Waals surface area contributed by atoms with Gasteiger partial charge in [-0.15, -0.1) is 0 Å². The summed E-state index contributed by atoms with van der Waals surface area (Å²) in [6, 6.07) is 76.7. The van der Waals surface area contributed by atoms with Crippen LogP contribution in [0, 0.1) is 0 Å². The monoisotopic (exact) mass is 670 g/mol. The van der Waals surface area contributed by atoms with E-state index in [2.05, 4.69) is 206 Å². The van der Waals surface area contributed by atoms with E-state index in [1.54, 1.807) is 0 Å². The van der Waals surface area contributed by atoms with E-state index >= 15 is 0 Å². The summed E-state index contributed by atoms with van der Waals surface area (Å²) in [5.74, 6) is 0. The van der Waals surface area contributed by atoms with Crippen LogP contribution in [-0.4, -0.2) is 0 Å². The van der Waals surface area contributed by atoms with E-state index in [1.807, 2.05) is 0 Å². The Morgan fingerprint density at radius 3 is 1.36 bits per heavy atom. The van der Waals surface area contributed by atoms with E-state index in [9.17, 15) is 0 Å². The van der Waals surface area contributed by atoms with Crippen molar-refractivity contribution in [2.45, 2.75) is 5.41 Å². The van der Waals surface area contributed by atoms with Crippen LogP contribution in [0.3, 0.4) is 0 Å². The molecule has 0 fully saturated rings. The van der Waals surface area contributed by atoms with Gasteiger partial charge in [-0.2, -0.15) is 0 Å². The van der Waals surface area contributed by atoms with Crippen LogP contribution in [0.5, 0.6) is 0 Å².